The average Bonchev–Trinajstić information content (AvgIpc) is 1.89. The summed E-state index contributed by atoms with van der Waals surface area (Å²) < 4.78 is 13.1. The van der Waals surface area contributed by atoms with Crippen LogP contribution in [-0.2, 0) is 0 Å². The summed E-state index contributed by atoms with van der Waals surface area (Å²) in [5.41, 5.74) is -0.908. The van der Waals surface area contributed by atoms with Gasteiger partial charge in [-0.05, 0) is 19.8 Å². The van der Waals surface area contributed by atoms with E-state index in [4.69, 9.17) is 0 Å². The first-order valence-electron chi connectivity index (χ1n) is 4.31. The van der Waals surface area contributed by atoms with Gasteiger partial charge in [0.1, 0.15) is 5.67 Å². The minimum atomic E-state index is -0.908. The fourth-order valence-electron chi connectivity index (χ4n) is 0.920. The van der Waals surface area contributed by atoms with Crippen molar-refractivity contribution in [3.05, 3.63) is 0 Å². The van der Waals surface area contributed by atoms with E-state index in [2.05, 4.69) is 6.92 Å². The van der Waals surface area contributed by atoms with Crippen LogP contribution in [0.5, 0.6) is 0 Å². The third-order valence-corrected chi connectivity index (χ3v) is 2.04. The second-order valence-electron chi connectivity index (χ2n) is 3.22. The van der Waals surface area contributed by atoms with Gasteiger partial charge >= 0.3 is 0 Å². The van der Waals surface area contributed by atoms with E-state index in [0.29, 0.717) is 6.42 Å². The first kappa shape index (κ1) is 9.93. The smallest absolute Gasteiger partial charge is 0.108 e. The van der Waals surface area contributed by atoms with Crippen LogP contribution in [0, 0.1) is 0 Å². The van der Waals surface area contributed by atoms with E-state index in [9.17, 15) is 4.39 Å². The number of hydrogen-bond acceptors (Lipinski definition) is 0. The molecule has 62 valence electrons. The third-order valence-electron chi connectivity index (χ3n) is 2.04. The molecule has 0 aliphatic rings. The molecule has 0 saturated heterocycles. The Hall–Kier alpha value is -0.0700. The number of hydrogen-bond donors (Lipinski definition) is 0. The molecule has 0 amide bonds. The van der Waals surface area contributed by atoms with E-state index in [0.717, 1.165) is 12.8 Å². The first-order valence-corrected chi connectivity index (χ1v) is 4.31. The van der Waals surface area contributed by atoms with Crippen LogP contribution in [0.15, 0.2) is 0 Å². The van der Waals surface area contributed by atoms with E-state index in [1.807, 2.05) is 6.92 Å². The molecule has 0 radical (unpaired) electrons. The van der Waals surface area contributed by atoms with Crippen LogP contribution in [0.1, 0.15) is 52.9 Å². The topological polar surface area (TPSA) is 0 Å². The van der Waals surface area contributed by atoms with Gasteiger partial charge in [-0.2, -0.15) is 0 Å². The van der Waals surface area contributed by atoms with Gasteiger partial charge in [-0.3, -0.25) is 0 Å². The Morgan fingerprint density at radius 3 is 2.20 bits per heavy atom. The standard InChI is InChI=1S/C9H19F/c1-4-6-7-8-9(3,10)5-2/h4-8H2,1-3H3/t9-/m1/s1. The lowest BCUT2D eigenvalue weighted by Crippen LogP contribution is -2.15. The quantitative estimate of drug-likeness (QED) is 0.519. The van der Waals surface area contributed by atoms with Crippen molar-refractivity contribution in [1.29, 1.82) is 0 Å². The van der Waals surface area contributed by atoms with Gasteiger partial charge in [-0.1, -0.05) is 33.1 Å². The van der Waals surface area contributed by atoms with Gasteiger partial charge < -0.3 is 0 Å². The molecule has 1 atom stereocenters. The molecular formula is C9H19F. The molecule has 0 aliphatic carbocycles. The number of alkyl halides is 1. The summed E-state index contributed by atoms with van der Waals surface area (Å²) in [5, 5.41) is 0. The average molecular weight is 146 g/mol. The molecule has 0 aromatic carbocycles. The largest absolute Gasteiger partial charge is 0.244 e. The summed E-state index contributed by atoms with van der Waals surface area (Å²) in [5.74, 6) is 0. The molecule has 0 bridgehead atoms. The normalized spacial score (nSPS) is 16.8. The molecule has 0 heterocycles. The Kier molecular flexibility index (Phi) is 4.67. The predicted molar refractivity (Wildman–Crippen MR) is 43.9 cm³/mol. The Bertz CT molecular complexity index is 76.8. The molecule has 0 unspecified atom stereocenters. The molecule has 0 aromatic heterocycles. The first-order chi connectivity index (χ1) is 4.62. The second-order valence-corrected chi connectivity index (χ2v) is 3.22. The number of halogens is 1. The van der Waals surface area contributed by atoms with Crippen molar-refractivity contribution >= 4 is 0 Å². The summed E-state index contributed by atoms with van der Waals surface area (Å²) in [6, 6.07) is 0. The van der Waals surface area contributed by atoms with Gasteiger partial charge in [0.25, 0.3) is 0 Å². The van der Waals surface area contributed by atoms with E-state index in [1.165, 1.54) is 12.8 Å². The van der Waals surface area contributed by atoms with Crippen molar-refractivity contribution in [3.63, 3.8) is 0 Å². The zero-order valence-electron chi connectivity index (χ0n) is 7.41. The van der Waals surface area contributed by atoms with Crippen LogP contribution in [0.4, 0.5) is 4.39 Å². The Morgan fingerprint density at radius 2 is 1.80 bits per heavy atom. The molecule has 0 rings (SSSR count). The van der Waals surface area contributed by atoms with E-state index < -0.39 is 5.67 Å². The van der Waals surface area contributed by atoms with Crippen LogP contribution in [0.3, 0.4) is 0 Å². The monoisotopic (exact) mass is 146 g/mol. The fraction of sp³-hybridized carbons (Fsp3) is 1.00. The highest BCUT2D eigenvalue weighted by molar-refractivity contribution is 4.69. The van der Waals surface area contributed by atoms with E-state index >= 15 is 0 Å². The molecule has 0 nitrogen and oxygen atoms in total. The minimum absolute atomic E-state index is 0.650. The number of unbranched alkanes of at least 4 members (excludes halogenated alkanes) is 2. The molecule has 0 aromatic rings. The summed E-state index contributed by atoms with van der Waals surface area (Å²) in [7, 11) is 0. The van der Waals surface area contributed by atoms with Gasteiger partial charge in [0.05, 0.1) is 0 Å². The van der Waals surface area contributed by atoms with Crippen LogP contribution in [0.25, 0.3) is 0 Å². The summed E-state index contributed by atoms with van der Waals surface area (Å²) >= 11 is 0. The van der Waals surface area contributed by atoms with Crippen LogP contribution in [0.2, 0.25) is 0 Å². The molecule has 10 heavy (non-hydrogen) atoms. The Morgan fingerprint density at radius 1 is 1.20 bits per heavy atom. The third kappa shape index (κ3) is 4.78. The Labute approximate surface area is 63.8 Å². The van der Waals surface area contributed by atoms with Crippen LogP contribution >= 0.6 is 0 Å². The van der Waals surface area contributed by atoms with Crippen molar-refractivity contribution in [2.24, 2.45) is 0 Å². The lowest BCUT2D eigenvalue weighted by atomic mass is 9.98. The molecule has 1 heteroatoms. The number of rotatable bonds is 5. The van der Waals surface area contributed by atoms with E-state index in [1.54, 1.807) is 6.92 Å². The maximum atomic E-state index is 13.1. The predicted octanol–water partition coefficient (Wildman–Crippen LogP) is 3.70. The fourth-order valence-corrected chi connectivity index (χ4v) is 0.920. The lowest BCUT2D eigenvalue weighted by Gasteiger charge is -2.16. The molecule has 0 fully saturated rings. The SMILES string of the molecule is CCCCC[C@](C)(F)CC. The van der Waals surface area contributed by atoms with Crippen molar-refractivity contribution in [2.75, 3.05) is 0 Å². The van der Waals surface area contributed by atoms with Gasteiger partial charge in [0, 0.05) is 0 Å². The molecule has 0 aliphatic heterocycles. The van der Waals surface area contributed by atoms with Gasteiger partial charge in [-0.25, -0.2) is 4.39 Å². The maximum absolute atomic E-state index is 13.1. The zero-order valence-corrected chi connectivity index (χ0v) is 7.41. The lowest BCUT2D eigenvalue weighted by molar-refractivity contribution is 0.164. The maximum Gasteiger partial charge on any atom is 0.108 e. The highest BCUT2D eigenvalue weighted by Crippen LogP contribution is 2.22. The Balaban J connectivity index is 3.28. The summed E-state index contributed by atoms with van der Waals surface area (Å²) in [4.78, 5) is 0. The minimum Gasteiger partial charge on any atom is -0.244 e. The molecule has 0 saturated carbocycles. The summed E-state index contributed by atoms with van der Waals surface area (Å²) in [6.07, 6.45) is 4.77. The van der Waals surface area contributed by atoms with Gasteiger partial charge in [-0.15, -0.1) is 0 Å². The van der Waals surface area contributed by atoms with Gasteiger partial charge in [0.15, 0.2) is 0 Å². The summed E-state index contributed by atoms with van der Waals surface area (Å²) in [6.45, 7) is 5.75. The van der Waals surface area contributed by atoms with Crippen LogP contribution in [-0.4, -0.2) is 5.67 Å². The molecular weight excluding hydrogens is 127 g/mol. The van der Waals surface area contributed by atoms with E-state index in [-0.39, 0.29) is 0 Å². The molecule has 0 N–H and O–H groups in total. The van der Waals surface area contributed by atoms with Crippen molar-refractivity contribution in [1.82, 2.24) is 0 Å². The highest BCUT2D eigenvalue weighted by atomic mass is 19.1. The van der Waals surface area contributed by atoms with Crippen molar-refractivity contribution in [3.8, 4) is 0 Å². The van der Waals surface area contributed by atoms with Crippen molar-refractivity contribution < 1.29 is 4.39 Å². The highest BCUT2D eigenvalue weighted by Gasteiger charge is 2.18. The molecule has 0 spiro atoms. The zero-order chi connectivity index (χ0) is 8.04. The van der Waals surface area contributed by atoms with Crippen molar-refractivity contribution in [2.45, 2.75) is 58.5 Å². The van der Waals surface area contributed by atoms with Gasteiger partial charge in [0.2, 0.25) is 0 Å². The van der Waals surface area contributed by atoms with Crippen LogP contribution < -0.4 is 0 Å². The second kappa shape index (κ2) is 4.70.